The SMILES string of the molecule is O=C1N=C(N2CCCC2)S/C1=C\c1ccccc1OCc1ccccc1. The van der Waals surface area contributed by atoms with Crippen molar-refractivity contribution in [2.24, 2.45) is 4.99 Å². The first-order valence-corrected chi connectivity index (χ1v) is 9.64. The second-order valence-electron chi connectivity index (χ2n) is 6.32. The van der Waals surface area contributed by atoms with Crippen LogP contribution in [0.5, 0.6) is 5.75 Å². The molecule has 2 aliphatic rings. The predicted octanol–water partition coefficient (Wildman–Crippen LogP) is 4.33. The lowest BCUT2D eigenvalue weighted by atomic mass is 10.2. The molecule has 0 bridgehead atoms. The summed E-state index contributed by atoms with van der Waals surface area (Å²) in [5.41, 5.74) is 2.01. The fraction of sp³-hybridized carbons (Fsp3) is 0.238. The molecule has 0 saturated carbocycles. The van der Waals surface area contributed by atoms with Gasteiger partial charge in [0, 0.05) is 18.7 Å². The molecule has 2 aliphatic heterocycles. The maximum atomic E-state index is 12.3. The molecule has 0 spiro atoms. The van der Waals surface area contributed by atoms with Crippen molar-refractivity contribution in [3.63, 3.8) is 0 Å². The molecule has 0 atom stereocenters. The summed E-state index contributed by atoms with van der Waals surface area (Å²) in [6.45, 7) is 2.48. The summed E-state index contributed by atoms with van der Waals surface area (Å²) >= 11 is 1.47. The van der Waals surface area contributed by atoms with Crippen molar-refractivity contribution in [3.05, 3.63) is 70.6 Å². The predicted molar refractivity (Wildman–Crippen MR) is 106 cm³/mol. The van der Waals surface area contributed by atoms with Crippen LogP contribution in [-0.2, 0) is 11.4 Å². The van der Waals surface area contributed by atoms with Crippen molar-refractivity contribution in [1.82, 2.24) is 4.90 Å². The maximum Gasteiger partial charge on any atom is 0.286 e. The molecule has 26 heavy (non-hydrogen) atoms. The molecule has 2 aromatic carbocycles. The average molecular weight is 364 g/mol. The summed E-state index contributed by atoms with van der Waals surface area (Å²) in [7, 11) is 0. The first-order valence-electron chi connectivity index (χ1n) is 8.83. The first-order chi connectivity index (χ1) is 12.8. The monoisotopic (exact) mass is 364 g/mol. The number of hydrogen-bond acceptors (Lipinski definition) is 4. The number of likely N-dealkylation sites (tertiary alicyclic amines) is 1. The van der Waals surface area contributed by atoms with E-state index in [1.165, 1.54) is 24.6 Å². The Hall–Kier alpha value is -2.53. The van der Waals surface area contributed by atoms with Crippen LogP contribution in [0.1, 0.15) is 24.0 Å². The summed E-state index contributed by atoms with van der Waals surface area (Å²) in [5.74, 6) is 0.613. The van der Waals surface area contributed by atoms with E-state index in [9.17, 15) is 4.79 Å². The van der Waals surface area contributed by atoms with Crippen LogP contribution in [0.2, 0.25) is 0 Å². The van der Waals surface area contributed by atoms with E-state index >= 15 is 0 Å². The Morgan fingerprint density at radius 3 is 2.58 bits per heavy atom. The fourth-order valence-electron chi connectivity index (χ4n) is 3.05. The molecule has 0 unspecified atom stereocenters. The molecule has 0 radical (unpaired) electrons. The van der Waals surface area contributed by atoms with Crippen LogP contribution >= 0.6 is 11.8 Å². The van der Waals surface area contributed by atoms with Gasteiger partial charge in [-0.2, -0.15) is 4.99 Å². The number of ether oxygens (including phenoxy) is 1. The lowest BCUT2D eigenvalue weighted by molar-refractivity contribution is -0.113. The molecule has 132 valence electrons. The van der Waals surface area contributed by atoms with Crippen molar-refractivity contribution in [3.8, 4) is 5.75 Å². The number of hydrogen-bond donors (Lipinski definition) is 0. The van der Waals surface area contributed by atoms with Crippen molar-refractivity contribution >= 4 is 28.9 Å². The number of rotatable bonds is 4. The van der Waals surface area contributed by atoms with E-state index < -0.39 is 0 Å². The van der Waals surface area contributed by atoms with Gasteiger partial charge >= 0.3 is 0 Å². The van der Waals surface area contributed by atoms with E-state index in [0.29, 0.717) is 11.5 Å². The molecule has 4 rings (SSSR count). The number of thioether (sulfide) groups is 1. The Morgan fingerprint density at radius 1 is 1.04 bits per heavy atom. The van der Waals surface area contributed by atoms with Crippen LogP contribution in [0.15, 0.2) is 64.5 Å². The summed E-state index contributed by atoms with van der Waals surface area (Å²) in [5, 5.41) is 0.835. The highest BCUT2D eigenvalue weighted by atomic mass is 32.2. The third-order valence-electron chi connectivity index (χ3n) is 4.43. The van der Waals surface area contributed by atoms with Gasteiger partial charge in [-0.05, 0) is 42.3 Å². The molecule has 1 saturated heterocycles. The lowest BCUT2D eigenvalue weighted by Crippen LogP contribution is -2.23. The van der Waals surface area contributed by atoms with Gasteiger partial charge in [0.05, 0.1) is 4.91 Å². The summed E-state index contributed by atoms with van der Waals surface area (Å²) in [6.07, 6.45) is 4.23. The van der Waals surface area contributed by atoms with E-state index in [1.54, 1.807) is 0 Å². The number of carbonyl (C=O) groups excluding carboxylic acids is 1. The van der Waals surface area contributed by atoms with Crippen molar-refractivity contribution in [2.75, 3.05) is 13.1 Å². The molecular formula is C21H20N2O2S. The fourth-order valence-corrected chi connectivity index (χ4v) is 4.01. The van der Waals surface area contributed by atoms with Gasteiger partial charge in [-0.1, -0.05) is 48.5 Å². The quantitative estimate of drug-likeness (QED) is 0.757. The number of benzene rings is 2. The molecule has 1 fully saturated rings. The average Bonchev–Trinajstić information content (AvgIpc) is 3.32. The summed E-state index contributed by atoms with van der Waals surface area (Å²) in [4.78, 5) is 19.4. The van der Waals surface area contributed by atoms with Crippen LogP contribution in [-0.4, -0.2) is 29.1 Å². The Kier molecular flexibility index (Phi) is 5.07. The third-order valence-corrected chi connectivity index (χ3v) is 5.47. The molecule has 5 heteroatoms. The zero-order chi connectivity index (χ0) is 17.8. The Morgan fingerprint density at radius 2 is 1.77 bits per heavy atom. The highest BCUT2D eigenvalue weighted by Gasteiger charge is 2.27. The maximum absolute atomic E-state index is 12.3. The minimum Gasteiger partial charge on any atom is -0.488 e. The number of carbonyl (C=O) groups is 1. The highest BCUT2D eigenvalue weighted by Crippen LogP contribution is 2.33. The van der Waals surface area contributed by atoms with E-state index in [-0.39, 0.29) is 5.91 Å². The van der Waals surface area contributed by atoms with Gasteiger partial charge in [0.25, 0.3) is 5.91 Å². The summed E-state index contributed by atoms with van der Waals surface area (Å²) in [6, 6.07) is 17.8. The number of nitrogens with zero attached hydrogens (tertiary/aromatic N) is 2. The van der Waals surface area contributed by atoms with Crippen LogP contribution in [0.3, 0.4) is 0 Å². The second-order valence-corrected chi connectivity index (χ2v) is 7.33. The third kappa shape index (κ3) is 3.83. The molecular weight excluding hydrogens is 344 g/mol. The van der Waals surface area contributed by atoms with Crippen molar-refractivity contribution < 1.29 is 9.53 Å². The van der Waals surface area contributed by atoms with E-state index in [4.69, 9.17) is 4.74 Å². The minimum absolute atomic E-state index is 0.158. The largest absolute Gasteiger partial charge is 0.488 e. The van der Waals surface area contributed by atoms with Gasteiger partial charge in [-0.3, -0.25) is 4.79 Å². The van der Waals surface area contributed by atoms with Gasteiger partial charge in [0.1, 0.15) is 12.4 Å². The van der Waals surface area contributed by atoms with Crippen LogP contribution in [0, 0.1) is 0 Å². The van der Waals surface area contributed by atoms with Crippen LogP contribution < -0.4 is 4.74 Å². The van der Waals surface area contributed by atoms with Gasteiger partial charge in [-0.15, -0.1) is 0 Å². The molecule has 0 aromatic heterocycles. The normalized spacial score (nSPS) is 18.5. The van der Waals surface area contributed by atoms with Gasteiger partial charge in [0.15, 0.2) is 5.17 Å². The number of para-hydroxylation sites is 1. The molecule has 2 heterocycles. The Bertz CT molecular complexity index is 855. The standard InChI is InChI=1S/C21H20N2O2S/c24-20-19(26-21(22-20)23-12-6-7-13-23)14-17-10-4-5-11-18(17)25-15-16-8-2-1-3-9-16/h1-5,8-11,14H,6-7,12-13,15H2/b19-14-. The van der Waals surface area contributed by atoms with Crippen LogP contribution in [0.25, 0.3) is 6.08 Å². The summed E-state index contributed by atoms with van der Waals surface area (Å²) < 4.78 is 5.98. The molecule has 2 aromatic rings. The first kappa shape index (κ1) is 16.9. The highest BCUT2D eigenvalue weighted by molar-refractivity contribution is 8.18. The molecule has 0 aliphatic carbocycles. The zero-order valence-electron chi connectivity index (χ0n) is 14.4. The van der Waals surface area contributed by atoms with E-state index in [2.05, 4.69) is 9.89 Å². The lowest BCUT2D eigenvalue weighted by Gasteiger charge is -2.14. The van der Waals surface area contributed by atoms with Gasteiger partial charge < -0.3 is 9.64 Å². The molecule has 0 N–H and O–H groups in total. The Balaban J connectivity index is 1.50. The van der Waals surface area contributed by atoms with E-state index in [1.807, 2.05) is 60.7 Å². The van der Waals surface area contributed by atoms with Gasteiger partial charge in [0.2, 0.25) is 0 Å². The smallest absolute Gasteiger partial charge is 0.286 e. The van der Waals surface area contributed by atoms with Crippen LogP contribution in [0.4, 0.5) is 0 Å². The minimum atomic E-state index is -0.158. The van der Waals surface area contributed by atoms with Crippen molar-refractivity contribution in [2.45, 2.75) is 19.4 Å². The number of aliphatic imine (C=N–C) groups is 1. The van der Waals surface area contributed by atoms with Crippen molar-refractivity contribution in [1.29, 1.82) is 0 Å². The topological polar surface area (TPSA) is 41.9 Å². The second kappa shape index (κ2) is 7.79. The number of amidine groups is 1. The van der Waals surface area contributed by atoms with Gasteiger partial charge in [-0.25, -0.2) is 0 Å². The number of amides is 1. The molecule has 4 nitrogen and oxygen atoms in total. The zero-order valence-corrected chi connectivity index (χ0v) is 15.2. The Labute approximate surface area is 157 Å². The van der Waals surface area contributed by atoms with E-state index in [0.717, 1.165) is 35.1 Å². The molecule has 1 amide bonds.